The highest BCUT2D eigenvalue weighted by atomic mass is 19.4. The molecule has 0 aliphatic heterocycles. The third kappa shape index (κ3) is 2.50. The van der Waals surface area contributed by atoms with E-state index in [0.717, 1.165) is 12.1 Å². The molecule has 1 aromatic carbocycles. The minimum absolute atomic E-state index is 0.0369. The van der Waals surface area contributed by atoms with E-state index in [2.05, 4.69) is 0 Å². The van der Waals surface area contributed by atoms with Crippen LogP contribution in [0.4, 0.5) is 13.2 Å². The van der Waals surface area contributed by atoms with Gasteiger partial charge in [-0.15, -0.1) is 0 Å². The number of hydrogen-bond acceptors (Lipinski definition) is 2. The summed E-state index contributed by atoms with van der Waals surface area (Å²) in [5.74, 6) is 0. The third-order valence-corrected chi connectivity index (χ3v) is 1.75. The van der Waals surface area contributed by atoms with Gasteiger partial charge in [0.05, 0.1) is 17.4 Å². The van der Waals surface area contributed by atoms with E-state index in [1.165, 1.54) is 12.1 Å². The largest absolute Gasteiger partial charge is 0.514 e. The lowest BCUT2D eigenvalue weighted by Crippen LogP contribution is -2.04. The van der Waals surface area contributed by atoms with Crippen molar-refractivity contribution in [1.29, 1.82) is 5.26 Å². The molecule has 0 aromatic heterocycles. The number of allylic oxidation sites excluding steroid dienone is 1. The van der Waals surface area contributed by atoms with Crippen molar-refractivity contribution in [3.05, 3.63) is 41.7 Å². The predicted molar refractivity (Wildman–Crippen MR) is 47.7 cm³/mol. The number of aliphatic hydroxyl groups excluding tert-OH is 1. The van der Waals surface area contributed by atoms with Crippen molar-refractivity contribution in [3.8, 4) is 6.07 Å². The van der Waals surface area contributed by atoms with Gasteiger partial charge in [0.15, 0.2) is 0 Å². The van der Waals surface area contributed by atoms with Crippen molar-refractivity contribution < 1.29 is 18.3 Å². The number of rotatable bonds is 1. The molecule has 1 N–H and O–H groups in total. The highest BCUT2D eigenvalue weighted by molar-refractivity contribution is 5.76. The van der Waals surface area contributed by atoms with E-state index in [1.54, 1.807) is 6.07 Å². The molecule has 0 aliphatic rings. The Balaban J connectivity index is 3.21. The van der Waals surface area contributed by atoms with Crippen molar-refractivity contribution in [1.82, 2.24) is 0 Å². The van der Waals surface area contributed by atoms with E-state index in [1.807, 2.05) is 0 Å². The second kappa shape index (κ2) is 4.05. The SMILES string of the molecule is N#CC(=CO)c1cccc(C(F)(F)F)c1. The van der Waals surface area contributed by atoms with E-state index in [9.17, 15) is 13.2 Å². The lowest BCUT2D eigenvalue weighted by Gasteiger charge is -2.07. The van der Waals surface area contributed by atoms with Crippen LogP contribution in [0.1, 0.15) is 11.1 Å². The van der Waals surface area contributed by atoms with Gasteiger partial charge < -0.3 is 5.11 Å². The molecule has 0 atom stereocenters. The van der Waals surface area contributed by atoms with Crippen molar-refractivity contribution in [2.24, 2.45) is 0 Å². The molecule has 1 rings (SSSR count). The van der Waals surface area contributed by atoms with Gasteiger partial charge in [-0.25, -0.2) is 0 Å². The number of hydrogen-bond donors (Lipinski definition) is 1. The maximum Gasteiger partial charge on any atom is 0.416 e. The summed E-state index contributed by atoms with van der Waals surface area (Å²) < 4.78 is 36.8. The van der Waals surface area contributed by atoms with Crippen LogP contribution in [0.15, 0.2) is 30.5 Å². The molecular weight excluding hydrogens is 207 g/mol. The number of aliphatic hydroxyl groups is 1. The molecule has 5 heteroatoms. The van der Waals surface area contributed by atoms with Crippen LogP contribution in [0.5, 0.6) is 0 Å². The van der Waals surface area contributed by atoms with Crippen LogP contribution >= 0.6 is 0 Å². The first-order valence-electron chi connectivity index (χ1n) is 3.91. The van der Waals surface area contributed by atoms with Crippen molar-refractivity contribution in [2.75, 3.05) is 0 Å². The molecule has 0 heterocycles. The summed E-state index contributed by atoms with van der Waals surface area (Å²) in [5.41, 5.74) is -1.02. The van der Waals surface area contributed by atoms with Gasteiger partial charge in [-0.3, -0.25) is 0 Å². The topological polar surface area (TPSA) is 44.0 Å². The molecule has 0 spiro atoms. The number of nitriles is 1. The van der Waals surface area contributed by atoms with E-state index < -0.39 is 11.7 Å². The Morgan fingerprint density at radius 1 is 1.40 bits per heavy atom. The fourth-order valence-electron chi connectivity index (χ4n) is 1.03. The zero-order chi connectivity index (χ0) is 11.5. The van der Waals surface area contributed by atoms with E-state index in [4.69, 9.17) is 10.4 Å². The summed E-state index contributed by atoms with van der Waals surface area (Å²) in [6.07, 6.45) is -3.97. The average Bonchev–Trinajstić information content (AvgIpc) is 2.19. The van der Waals surface area contributed by atoms with Gasteiger partial charge in [0.1, 0.15) is 6.07 Å². The lowest BCUT2D eigenvalue weighted by molar-refractivity contribution is -0.137. The van der Waals surface area contributed by atoms with Crippen molar-refractivity contribution in [2.45, 2.75) is 6.18 Å². The summed E-state index contributed by atoms with van der Waals surface area (Å²) in [4.78, 5) is 0. The van der Waals surface area contributed by atoms with Crippen LogP contribution in [0, 0.1) is 11.3 Å². The molecule has 0 unspecified atom stereocenters. The van der Waals surface area contributed by atoms with Gasteiger partial charge in [-0.2, -0.15) is 18.4 Å². The number of alkyl halides is 3. The highest BCUT2D eigenvalue weighted by Gasteiger charge is 2.30. The van der Waals surface area contributed by atoms with E-state index >= 15 is 0 Å². The second-order valence-corrected chi connectivity index (χ2v) is 2.73. The molecule has 0 fully saturated rings. The van der Waals surface area contributed by atoms with Gasteiger partial charge >= 0.3 is 6.18 Å². The molecule has 2 nitrogen and oxygen atoms in total. The number of halogens is 3. The molecule has 15 heavy (non-hydrogen) atoms. The molecule has 0 bridgehead atoms. The maximum atomic E-state index is 12.3. The fraction of sp³-hybridized carbons (Fsp3) is 0.100. The van der Waals surface area contributed by atoms with Crippen LogP contribution in [-0.2, 0) is 6.18 Å². The number of nitrogens with zero attached hydrogens (tertiary/aromatic N) is 1. The predicted octanol–water partition coefficient (Wildman–Crippen LogP) is 3.13. The molecule has 0 saturated carbocycles. The van der Waals surface area contributed by atoms with Gasteiger partial charge in [0.25, 0.3) is 0 Å². The van der Waals surface area contributed by atoms with Crippen molar-refractivity contribution >= 4 is 5.57 Å². The monoisotopic (exact) mass is 213 g/mol. The van der Waals surface area contributed by atoms with E-state index in [0.29, 0.717) is 6.26 Å². The van der Waals surface area contributed by atoms with Crippen LogP contribution in [0.2, 0.25) is 0 Å². The highest BCUT2D eigenvalue weighted by Crippen LogP contribution is 2.30. The molecule has 0 radical (unpaired) electrons. The first-order chi connectivity index (χ1) is 6.99. The zero-order valence-electron chi connectivity index (χ0n) is 7.42. The van der Waals surface area contributed by atoms with Crippen LogP contribution in [0.3, 0.4) is 0 Å². The normalized spacial score (nSPS) is 12.3. The third-order valence-electron chi connectivity index (χ3n) is 1.75. The molecule has 0 saturated heterocycles. The maximum absolute atomic E-state index is 12.3. The standard InChI is InChI=1S/C10H6F3NO/c11-10(12,13)9-3-1-2-7(4-9)8(5-14)6-15/h1-4,6,15H. The lowest BCUT2D eigenvalue weighted by atomic mass is 10.1. The van der Waals surface area contributed by atoms with Gasteiger partial charge in [-0.1, -0.05) is 12.1 Å². The smallest absolute Gasteiger partial charge is 0.416 e. The molecule has 1 aromatic rings. The minimum atomic E-state index is -4.45. The summed E-state index contributed by atoms with van der Waals surface area (Å²) in [5, 5.41) is 17.1. The van der Waals surface area contributed by atoms with Gasteiger partial charge in [0.2, 0.25) is 0 Å². The van der Waals surface area contributed by atoms with Gasteiger partial charge in [-0.05, 0) is 17.7 Å². The molecule has 0 amide bonds. The van der Waals surface area contributed by atoms with E-state index in [-0.39, 0.29) is 11.1 Å². The van der Waals surface area contributed by atoms with Crippen molar-refractivity contribution in [3.63, 3.8) is 0 Å². The number of benzene rings is 1. The molecule has 0 aliphatic carbocycles. The molecular formula is C10H6F3NO. The average molecular weight is 213 g/mol. The Bertz CT molecular complexity index is 429. The first-order valence-corrected chi connectivity index (χ1v) is 3.91. The van der Waals surface area contributed by atoms with Crippen LogP contribution < -0.4 is 0 Å². The summed E-state index contributed by atoms with van der Waals surface area (Å²) in [6, 6.07) is 5.80. The fourth-order valence-corrected chi connectivity index (χ4v) is 1.03. The summed E-state index contributed by atoms with van der Waals surface area (Å²) in [7, 11) is 0. The Morgan fingerprint density at radius 3 is 2.53 bits per heavy atom. The Morgan fingerprint density at radius 2 is 2.07 bits per heavy atom. The minimum Gasteiger partial charge on any atom is -0.514 e. The Labute approximate surface area is 83.9 Å². The zero-order valence-corrected chi connectivity index (χ0v) is 7.42. The quantitative estimate of drug-likeness (QED) is 0.575. The summed E-state index contributed by atoms with van der Waals surface area (Å²) in [6.45, 7) is 0. The van der Waals surface area contributed by atoms with Crippen LogP contribution in [0.25, 0.3) is 5.57 Å². The van der Waals surface area contributed by atoms with Crippen LogP contribution in [-0.4, -0.2) is 5.11 Å². The second-order valence-electron chi connectivity index (χ2n) is 2.73. The van der Waals surface area contributed by atoms with Gasteiger partial charge in [0, 0.05) is 0 Å². The Kier molecular flexibility index (Phi) is 3.00. The summed E-state index contributed by atoms with van der Waals surface area (Å²) >= 11 is 0. The first kappa shape index (κ1) is 11.1. The Hall–Kier alpha value is -1.96. The molecule has 78 valence electrons.